The molecule has 0 aliphatic rings. The van der Waals surface area contributed by atoms with Gasteiger partial charge >= 0.3 is 6.18 Å². The van der Waals surface area contributed by atoms with Crippen molar-refractivity contribution in [3.05, 3.63) is 99.1 Å². The topological polar surface area (TPSA) is 43.4 Å². The summed E-state index contributed by atoms with van der Waals surface area (Å²) in [6.45, 7) is 8.49. The third-order valence-corrected chi connectivity index (χ3v) is 4.46. The number of carbonyl (C=O) groups is 1. The third-order valence-electron chi connectivity index (χ3n) is 4.46. The van der Waals surface area contributed by atoms with Crippen molar-refractivity contribution < 1.29 is 18.0 Å². The zero-order chi connectivity index (χ0) is 21.2. The summed E-state index contributed by atoms with van der Waals surface area (Å²) in [6.07, 6.45) is -4.83. The molecule has 0 fully saturated rings. The molecule has 0 bridgehead atoms. The van der Waals surface area contributed by atoms with Crippen LogP contribution in [-0.4, -0.2) is 10.4 Å². The van der Waals surface area contributed by atoms with Crippen molar-refractivity contribution in [2.45, 2.75) is 19.6 Å². The van der Waals surface area contributed by atoms with E-state index in [2.05, 4.69) is 4.85 Å². The van der Waals surface area contributed by atoms with E-state index < -0.39 is 23.0 Å². The normalized spacial score (nSPS) is 11.1. The highest BCUT2D eigenvalue weighted by Crippen LogP contribution is 2.37. The molecule has 146 valence electrons. The molecule has 0 amide bonds. The Balaban J connectivity index is 2.23. The van der Waals surface area contributed by atoms with Crippen molar-refractivity contribution in [1.29, 1.82) is 0 Å². The monoisotopic (exact) mass is 396 g/mol. The highest BCUT2D eigenvalue weighted by atomic mass is 19.4. The average molecular weight is 396 g/mol. The molecule has 0 aliphatic heterocycles. The van der Waals surface area contributed by atoms with Crippen LogP contribution in [0.2, 0.25) is 0 Å². The largest absolute Gasteiger partial charge is 0.407 e. The van der Waals surface area contributed by atoms with E-state index in [0.29, 0.717) is 16.7 Å². The van der Waals surface area contributed by atoms with E-state index in [1.165, 1.54) is 6.92 Å². The summed E-state index contributed by atoms with van der Waals surface area (Å²) in [6, 6.07) is 15.5. The molecule has 0 saturated carbocycles. The Morgan fingerprint density at radius 3 is 2.21 bits per heavy atom. The molecule has 2 aromatic carbocycles. The molecular weight excluding hydrogens is 381 g/mol. The second-order valence-electron chi connectivity index (χ2n) is 6.41. The summed E-state index contributed by atoms with van der Waals surface area (Å²) >= 11 is 0. The zero-order valence-corrected chi connectivity index (χ0v) is 15.3. The quantitative estimate of drug-likeness (QED) is 0.442. The predicted molar refractivity (Wildman–Crippen MR) is 103 cm³/mol. The molecule has 3 aromatic rings. The van der Waals surface area contributed by atoms with Crippen molar-refractivity contribution in [1.82, 2.24) is 4.57 Å². The number of hydrogen-bond acceptors (Lipinski definition) is 2. The Morgan fingerprint density at radius 1 is 1.07 bits per heavy atom. The Hall–Kier alpha value is -3.66. The molecule has 0 radical (unpaired) electrons. The van der Waals surface area contributed by atoms with Crippen LogP contribution in [0, 0.1) is 6.57 Å². The molecule has 0 saturated heterocycles. The van der Waals surface area contributed by atoms with E-state index in [-0.39, 0.29) is 18.0 Å². The lowest BCUT2D eigenvalue weighted by Crippen LogP contribution is -2.25. The molecule has 4 nitrogen and oxygen atoms in total. The standard InChI is InChI=1S/C22H15F3N2O2/c1-14(28)16-10-8-15(9-11-16)13-27-19(17-6-4-3-5-7-17)12-18(22(23,24)25)20(26-2)21(27)29/h3-12H,13H2,1H3. The minimum absolute atomic E-state index is 0.0398. The first-order valence-corrected chi connectivity index (χ1v) is 8.60. The Bertz CT molecular complexity index is 1160. The van der Waals surface area contributed by atoms with E-state index in [1.54, 1.807) is 54.6 Å². The van der Waals surface area contributed by atoms with Crippen LogP contribution in [0.4, 0.5) is 18.9 Å². The second-order valence-corrected chi connectivity index (χ2v) is 6.41. The van der Waals surface area contributed by atoms with Gasteiger partial charge in [0.2, 0.25) is 0 Å². The van der Waals surface area contributed by atoms with Crippen molar-refractivity contribution in [2.24, 2.45) is 0 Å². The Labute approximate surface area is 164 Å². The van der Waals surface area contributed by atoms with Gasteiger partial charge in [-0.25, -0.2) is 4.85 Å². The summed E-state index contributed by atoms with van der Waals surface area (Å²) in [5.41, 5.74) is -1.64. The van der Waals surface area contributed by atoms with E-state index in [0.717, 1.165) is 10.6 Å². The maximum Gasteiger partial charge on any atom is 0.407 e. The number of halogens is 3. The van der Waals surface area contributed by atoms with Gasteiger partial charge in [-0.1, -0.05) is 54.6 Å². The smallest absolute Gasteiger partial charge is 0.313 e. The average Bonchev–Trinajstić information content (AvgIpc) is 2.69. The number of nitrogens with zero attached hydrogens (tertiary/aromatic N) is 2. The molecule has 0 aliphatic carbocycles. The van der Waals surface area contributed by atoms with Gasteiger partial charge in [0.25, 0.3) is 11.2 Å². The number of hydrogen-bond donors (Lipinski definition) is 0. The number of aromatic nitrogens is 1. The summed E-state index contributed by atoms with van der Waals surface area (Å²) in [7, 11) is 0. The number of Topliss-reactive ketones (excluding diaryl/α,β-unsaturated/α-hetero) is 1. The number of pyridine rings is 1. The van der Waals surface area contributed by atoms with Crippen molar-refractivity contribution in [3.63, 3.8) is 0 Å². The van der Waals surface area contributed by atoms with Gasteiger partial charge in [-0.15, -0.1) is 0 Å². The number of ketones is 1. The van der Waals surface area contributed by atoms with Crippen LogP contribution in [-0.2, 0) is 12.7 Å². The fourth-order valence-electron chi connectivity index (χ4n) is 2.99. The number of carbonyl (C=O) groups excluding carboxylic acids is 1. The van der Waals surface area contributed by atoms with E-state index in [9.17, 15) is 22.8 Å². The van der Waals surface area contributed by atoms with Crippen LogP contribution < -0.4 is 5.56 Å². The van der Waals surface area contributed by atoms with Gasteiger partial charge in [0.1, 0.15) is 0 Å². The van der Waals surface area contributed by atoms with Gasteiger partial charge in [0, 0.05) is 17.8 Å². The van der Waals surface area contributed by atoms with Gasteiger partial charge in [-0.3, -0.25) is 9.59 Å². The van der Waals surface area contributed by atoms with Crippen LogP contribution in [0.25, 0.3) is 16.1 Å². The first-order valence-electron chi connectivity index (χ1n) is 8.60. The van der Waals surface area contributed by atoms with Gasteiger partial charge in [-0.2, -0.15) is 13.2 Å². The second kappa shape index (κ2) is 7.76. The van der Waals surface area contributed by atoms with Crippen LogP contribution in [0.3, 0.4) is 0 Å². The molecule has 0 unspecified atom stereocenters. The lowest BCUT2D eigenvalue weighted by Gasteiger charge is -2.18. The summed E-state index contributed by atoms with van der Waals surface area (Å²) in [5.74, 6) is -0.122. The summed E-state index contributed by atoms with van der Waals surface area (Å²) in [4.78, 5) is 27.1. The Kier molecular flexibility index (Phi) is 5.37. The van der Waals surface area contributed by atoms with Crippen LogP contribution in [0.1, 0.15) is 28.4 Å². The third kappa shape index (κ3) is 4.11. The zero-order valence-electron chi connectivity index (χ0n) is 15.3. The fraction of sp³-hybridized carbons (Fsp3) is 0.136. The van der Waals surface area contributed by atoms with E-state index in [4.69, 9.17) is 6.57 Å². The van der Waals surface area contributed by atoms with Crippen molar-refractivity contribution in [3.8, 4) is 11.3 Å². The maximum atomic E-state index is 13.5. The number of benzene rings is 2. The lowest BCUT2D eigenvalue weighted by atomic mass is 10.1. The maximum absolute atomic E-state index is 13.5. The molecule has 0 N–H and O–H groups in total. The fourth-order valence-corrected chi connectivity index (χ4v) is 2.99. The van der Waals surface area contributed by atoms with E-state index >= 15 is 0 Å². The van der Waals surface area contributed by atoms with Gasteiger partial charge in [0.05, 0.1) is 12.1 Å². The van der Waals surface area contributed by atoms with E-state index in [1.807, 2.05) is 0 Å². The minimum atomic E-state index is -4.83. The highest BCUT2D eigenvalue weighted by molar-refractivity contribution is 5.94. The lowest BCUT2D eigenvalue weighted by molar-refractivity contribution is -0.136. The minimum Gasteiger partial charge on any atom is -0.313 e. The first kappa shape index (κ1) is 20.1. The molecule has 29 heavy (non-hydrogen) atoms. The van der Waals surface area contributed by atoms with Crippen LogP contribution in [0.5, 0.6) is 0 Å². The summed E-state index contributed by atoms with van der Waals surface area (Å²) in [5, 5.41) is 0. The number of alkyl halides is 3. The molecule has 0 atom stereocenters. The highest BCUT2D eigenvalue weighted by Gasteiger charge is 2.36. The predicted octanol–water partition coefficient (Wildman–Crippen LogP) is 5.34. The SMILES string of the molecule is [C-]#[N+]c1c(C(F)(F)F)cc(-c2ccccc2)n(Cc2ccc(C(C)=O)cc2)c1=O. The van der Waals surface area contributed by atoms with Gasteiger partial charge in [-0.05, 0) is 24.1 Å². The van der Waals surface area contributed by atoms with Crippen LogP contribution >= 0.6 is 0 Å². The molecule has 7 heteroatoms. The van der Waals surface area contributed by atoms with Crippen LogP contribution in [0.15, 0.2) is 65.5 Å². The van der Waals surface area contributed by atoms with Crippen molar-refractivity contribution in [2.75, 3.05) is 0 Å². The van der Waals surface area contributed by atoms with Crippen molar-refractivity contribution >= 4 is 11.5 Å². The van der Waals surface area contributed by atoms with Gasteiger partial charge < -0.3 is 4.57 Å². The molecule has 1 aromatic heterocycles. The molecule has 0 spiro atoms. The Morgan fingerprint density at radius 2 is 1.69 bits per heavy atom. The molecular formula is C22H15F3N2O2. The number of rotatable bonds is 4. The molecule has 3 rings (SSSR count). The van der Waals surface area contributed by atoms with Gasteiger partial charge in [0.15, 0.2) is 5.78 Å². The molecule has 1 heterocycles. The summed E-state index contributed by atoms with van der Waals surface area (Å²) < 4.78 is 41.6. The first-order chi connectivity index (χ1) is 13.7.